The van der Waals surface area contributed by atoms with Gasteiger partial charge in [0.05, 0.1) is 12.2 Å². The first-order chi connectivity index (χ1) is 8.58. The van der Waals surface area contributed by atoms with E-state index in [4.69, 9.17) is 4.74 Å². The van der Waals surface area contributed by atoms with Gasteiger partial charge in [-0.3, -0.25) is 0 Å². The second-order valence-corrected chi connectivity index (χ2v) is 5.70. The van der Waals surface area contributed by atoms with Crippen molar-refractivity contribution >= 4 is 0 Å². The Balaban J connectivity index is 1.96. The molecule has 1 aliphatic rings. The van der Waals surface area contributed by atoms with Gasteiger partial charge in [0.25, 0.3) is 0 Å². The summed E-state index contributed by atoms with van der Waals surface area (Å²) in [7, 11) is 0. The van der Waals surface area contributed by atoms with E-state index in [0.717, 1.165) is 19.4 Å². The van der Waals surface area contributed by atoms with E-state index in [1.165, 1.54) is 11.1 Å². The van der Waals surface area contributed by atoms with Crippen LogP contribution in [0.2, 0.25) is 0 Å². The lowest BCUT2D eigenvalue weighted by Gasteiger charge is -2.21. The molecule has 2 heteroatoms. The number of aliphatic hydroxyl groups is 1. The van der Waals surface area contributed by atoms with Gasteiger partial charge in [0.2, 0.25) is 0 Å². The largest absolute Gasteiger partial charge is 0.392 e. The van der Waals surface area contributed by atoms with Crippen molar-refractivity contribution < 1.29 is 9.84 Å². The van der Waals surface area contributed by atoms with Crippen molar-refractivity contribution in [2.45, 2.75) is 51.7 Å². The van der Waals surface area contributed by atoms with Crippen LogP contribution < -0.4 is 0 Å². The van der Waals surface area contributed by atoms with Crippen LogP contribution in [-0.2, 0) is 11.2 Å². The van der Waals surface area contributed by atoms with Crippen LogP contribution in [0.4, 0.5) is 0 Å². The highest BCUT2D eigenvalue weighted by atomic mass is 16.5. The lowest BCUT2D eigenvalue weighted by atomic mass is 9.90. The number of rotatable bonds is 4. The molecule has 3 unspecified atom stereocenters. The zero-order chi connectivity index (χ0) is 13.1. The Labute approximate surface area is 110 Å². The average molecular weight is 248 g/mol. The molecule has 1 aliphatic heterocycles. The summed E-state index contributed by atoms with van der Waals surface area (Å²) in [5.41, 5.74) is 2.57. The Morgan fingerprint density at radius 1 is 1.28 bits per heavy atom. The Bertz CT molecular complexity index is 369. The third kappa shape index (κ3) is 3.12. The number of aliphatic hydroxyl groups excluding tert-OH is 1. The summed E-state index contributed by atoms with van der Waals surface area (Å²) >= 11 is 0. The maximum absolute atomic E-state index is 10.3. The van der Waals surface area contributed by atoms with E-state index in [2.05, 4.69) is 45.0 Å². The quantitative estimate of drug-likeness (QED) is 0.887. The molecule has 0 saturated carbocycles. The minimum absolute atomic E-state index is 0.190. The van der Waals surface area contributed by atoms with E-state index in [9.17, 15) is 5.11 Å². The lowest BCUT2D eigenvalue weighted by Crippen LogP contribution is -2.28. The molecular formula is C16H24O2. The zero-order valence-electron chi connectivity index (χ0n) is 11.6. The molecule has 2 nitrogen and oxygen atoms in total. The molecule has 1 fully saturated rings. The van der Waals surface area contributed by atoms with Crippen LogP contribution >= 0.6 is 0 Å². The van der Waals surface area contributed by atoms with Gasteiger partial charge in [0, 0.05) is 12.5 Å². The summed E-state index contributed by atoms with van der Waals surface area (Å²) in [6.07, 6.45) is 1.62. The normalized spacial score (nSPS) is 25.6. The minimum atomic E-state index is -0.285. The van der Waals surface area contributed by atoms with Gasteiger partial charge in [0.15, 0.2) is 0 Å². The molecule has 1 aromatic rings. The van der Waals surface area contributed by atoms with Crippen LogP contribution in [-0.4, -0.2) is 23.9 Å². The average Bonchev–Trinajstić information content (AvgIpc) is 2.76. The molecular weight excluding hydrogens is 224 g/mol. The number of benzene rings is 1. The van der Waals surface area contributed by atoms with E-state index < -0.39 is 0 Å². The fourth-order valence-corrected chi connectivity index (χ4v) is 2.69. The highest BCUT2D eigenvalue weighted by Crippen LogP contribution is 2.26. The molecule has 0 radical (unpaired) electrons. The SMILES string of the molecule is CC(C)c1ccc(CC(O)C2CCOC2C)cc1. The van der Waals surface area contributed by atoms with Crippen LogP contribution in [0.15, 0.2) is 24.3 Å². The van der Waals surface area contributed by atoms with Crippen molar-refractivity contribution in [3.05, 3.63) is 35.4 Å². The monoisotopic (exact) mass is 248 g/mol. The third-order valence-corrected chi connectivity index (χ3v) is 4.02. The van der Waals surface area contributed by atoms with Gasteiger partial charge in [-0.25, -0.2) is 0 Å². The lowest BCUT2D eigenvalue weighted by molar-refractivity contribution is 0.0441. The molecule has 100 valence electrons. The smallest absolute Gasteiger partial charge is 0.0634 e. The topological polar surface area (TPSA) is 29.5 Å². The van der Waals surface area contributed by atoms with E-state index in [-0.39, 0.29) is 18.1 Å². The molecule has 1 heterocycles. The van der Waals surface area contributed by atoms with Crippen molar-refractivity contribution in [2.24, 2.45) is 5.92 Å². The van der Waals surface area contributed by atoms with Gasteiger partial charge < -0.3 is 9.84 Å². The van der Waals surface area contributed by atoms with Crippen LogP contribution in [0.5, 0.6) is 0 Å². The molecule has 0 amide bonds. The van der Waals surface area contributed by atoms with Crippen LogP contribution in [0.1, 0.15) is 44.2 Å². The van der Waals surface area contributed by atoms with Crippen LogP contribution in [0.25, 0.3) is 0 Å². The molecule has 1 saturated heterocycles. The third-order valence-electron chi connectivity index (χ3n) is 4.02. The Hall–Kier alpha value is -0.860. The number of ether oxygens (including phenoxy) is 1. The highest BCUT2D eigenvalue weighted by Gasteiger charge is 2.30. The van der Waals surface area contributed by atoms with Crippen molar-refractivity contribution in [1.82, 2.24) is 0 Å². The maximum atomic E-state index is 10.3. The van der Waals surface area contributed by atoms with Crippen LogP contribution in [0.3, 0.4) is 0 Å². The van der Waals surface area contributed by atoms with E-state index in [1.54, 1.807) is 0 Å². The van der Waals surface area contributed by atoms with Crippen LogP contribution in [0, 0.1) is 5.92 Å². The minimum Gasteiger partial charge on any atom is -0.392 e. The number of hydrogen-bond donors (Lipinski definition) is 1. The zero-order valence-corrected chi connectivity index (χ0v) is 11.6. The second-order valence-electron chi connectivity index (χ2n) is 5.70. The molecule has 0 spiro atoms. The number of hydrogen-bond acceptors (Lipinski definition) is 2. The summed E-state index contributed by atoms with van der Waals surface area (Å²) in [5.74, 6) is 0.849. The van der Waals surface area contributed by atoms with Crippen molar-refractivity contribution in [3.8, 4) is 0 Å². The first-order valence-electron chi connectivity index (χ1n) is 6.96. The summed E-state index contributed by atoms with van der Waals surface area (Å²) in [6, 6.07) is 8.61. The molecule has 2 rings (SSSR count). The molecule has 0 aliphatic carbocycles. The van der Waals surface area contributed by atoms with Crippen molar-refractivity contribution in [1.29, 1.82) is 0 Å². The predicted octanol–water partition coefficient (Wildman–Crippen LogP) is 3.14. The Kier molecular flexibility index (Phi) is 4.41. The van der Waals surface area contributed by atoms with Gasteiger partial charge in [-0.05, 0) is 36.8 Å². The molecule has 18 heavy (non-hydrogen) atoms. The molecule has 1 aromatic carbocycles. The van der Waals surface area contributed by atoms with E-state index in [1.807, 2.05) is 0 Å². The molecule has 0 bridgehead atoms. The highest BCUT2D eigenvalue weighted by molar-refractivity contribution is 5.25. The van der Waals surface area contributed by atoms with Crippen molar-refractivity contribution in [3.63, 3.8) is 0 Å². The summed E-state index contributed by atoms with van der Waals surface area (Å²) in [5, 5.41) is 10.3. The van der Waals surface area contributed by atoms with E-state index in [0.29, 0.717) is 5.92 Å². The summed E-state index contributed by atoms with van der Waals surface area (Å²) < 4.78 is 5.51. The fraction of sp³-hybridized carbons (Fsp3) is 0.625. The second kappa shape index (κ2) is 5.85. The van der Waals surface area contributed by atoms with Gasteiger partial charge >= 0.3 is 0 Å². The van der Waals surface area contributed by atoms with Gasteiger partial charge in [0.1, 0.15) is 0 Å². The first kappa shape index (κ1) is 13.6. The van der Waals surface area contributed by atoms with Gasteiger partial charge in [-0.15, -0.1) is 0 Å². The first-order valence-corrected chi connectivity index (χ1v) is 6.96. The summed E-state index contributed by atoms with van der Waals surface area (Å²) in [6.45, 7) is 7.24. The van der Waals surface area contributed by atoms with Gasteiger partial charge in [-0.1, -0.05) is 38.1 Å². The molecule has 1 N–H and O–H groups in total. The Morgan fingerprint density at radius 2 is 1.94 bits per heavy atom. The standard InChI is InChI=1S/C16H24O2/c1-11(2)14-6-4-13(5-7-14)10-16(17)15-8-9-18-12(15)3/h4-7,11-12,15-17H,8-10H2,1-3H3. The molecule has 0 aromatic heterocycles. The van der Waals surface area contributed by atoms with Gasteiger partial charge in [-0.2, -0.15) is 0 Å². The summed E-state index contributed by atoms with van der Waals surface area (Å²) in [4.78, 5) is 0. The van der Waals surface area contributed by atoms with E-state index >= 15 is 0 Å². The Morgan fingerprint density at radius 3 is 2.44 bits per heavy atom. The predicted molar refractivity (Wildman–Crippen MR) is 73.8 cm³/mol. The molecule has 3 atom stereocenters. The maximum Gasteiger partial charge on any atom is 0.0634 e. The van der Waals surface area contributed by atoms with Crippen molar-refractivity contribution in [2.75, 3.05) is 6.61 Å². The fourth-order valence-electron chi connectivity index (χ4n) is 2.69.